The maximum Gasteiger partial charge on any atom is 0.168 e. The van der Waals surface area contributed by atoms with Gasteiger partial charge >= 0.3 is 0 Å². The van der Waals surface area contributed by atoms with E-state index in [1.807, 2.05) is 32.0 Å². The molecule has 0 amide bonds. The van der Waals surface area contributed by atoms with Gasteiger partial charge in [-0.3, -0.25) is 0 Å². The number of anilines is 1. The van der Waals surface area contributed by atoms with Gasteiger partial charge < -0.3 is 10.5 Å². The molecule has 94 valence electrons. The van der Waals surface area contributed by atoms with Crippen molar-refractivity contribution in [2.45, 2.75) is 20.5 Å². The number of hydrogen-bond acceptors (Lipinski definition) is 4. The number of nitrogen functional groups attached to an aromatic ring is 1. The number of benzene rings is 1. The summed E-state index contributed by atoms with van der Waals surface area (Å²) < 4.78 is 5.58. The Bertz CT molecular complexity index is 552. The summed E-state index contributed by atoms with van der Waals surface area (Å²) in [7, 11) is 0. The van der Waals surface area contributed by atoms with Crippen LogP contribution in [0.15, 0.2) is 24.3 Å². The SMILES string of the molecule is Cc1ccc(OCc2nc(C)cc(N)n2)c(Cl)c1. The van der Waals surface area contributed by atoms with Gasteiger partial charge in [-0.05, 0) is 31.5 Å². The normalized spacial score (nSPS) is 10.4. The molecule has 0 atom stereocenters. The third-order valence-corrected chi connectivity index (χ3v) is 2.66. The zero-order chi connectivity index (χ0) is 13.1. The van der Waals surface area contributed by atoms with E-state index < -0.39 is 0 Å². The highest BCUT2D eigenvalue weighted by Crippen LogP contribution is 2.25. The molecule has 2 aromatic rings. The standard InChI is InChI=1S/C13H14ClN3O/c1-8-3-4-11(10(14)5-8)18-7-13-16-9(2)6-12(15)17-13/h3-6H,7H2,1-2H3,(H2,15,16,17). The fourth-order valence-corrected chi connectivity index (χ4v) is 1.88. The summed E-state index contributed by atoms with van der Waals surface area (Å²) >= 11 is 6.07. The van der Waals surface area contributed by atoms with Crippen molar-refractivity contribution in [2.24, 2.45) is 0 Å². The van der Waals surface area contributed by atoms with E-state index in [2.05, 4.69) is 9.97 Å². The van der Waals surface area contributed by atoms with Crippen LogP contribution in [0.25, 0.3) is 0 Å². The molecule has 1 heterocycles. The molecule has 0 bridgehead atoms. The molecule has 0 fully saturated rings. The average molecular weight is 264 g/mol. The highest BCUT2D eigenvalue weighted by Gasteiger charge is 2.05. The van der Waals surface area contributed by atoms with Gasteiger partial charge in [-0.15, -0.1) is 0 Å². The molecular formula is C13H14ClN3O. The lowest BCUT2D eigenvalue weighted by molar-refractivity contribution is 0.296. The monoisotopic (exact) mass is 263 g/mol. The van der Waals surface area contributed by atoms with Gasteiger partial charge in [-0.2, -0.15) is 0 Å². The van der Waals surface area contributed by atoms with Gasteiger partial charge in [0.05, 0.1) is 5.02 Å². The maximum atomic E-state index is 6.07. The second kappa shape index (κ2) is 5.23. The van der Waals surface area contributed by atoms with Crippen LogP contribution < -0.4 is 10.5 Å². The van der Waals surface area contributed by atoms with Crippen LogP contribution in [0.1, 0.15) is 17.1 Å². The third kappa shape index (κ3) is 3.11. The lowest BCUT2D eigenvalue weighted by Crippen LogP contribution is -2.05. The predicted molar refractivity (Wildman–Crippen MR) is 71.7 cm³/mol. The van der Waals surface area contributed by atoms with E-state index in [1.54, 1.807) is 6.07 Å². The minimum absolute atomic E-state index is 0.245. The second-order valence-electron chi connectivity index (χ2n) is 4.07. The molecule has 0 radical (unpaired) electrons. The summed E-state index contributed by atoms with van der Waals surface area (Å²) in [6, 6.07) is 7.33. The topological polar surface area (TPSA) is 61.0 Å². The number of hydrogen-bond donors (Lipinski definition) is 1. The first-order valence-electron chi connectivity index (χ1n) is 5.53. The first-order valence-corrected chi connectivity index (χ1v) is 5.91. The van der Waals surface area contributed by atoms with Crippen LogP contribution in [0, 0.1) is 13.8 Å². The predicted octanol–water partition coefficient (Wildman–Crippen LogP) is 2.91. The summed E-state index contributed by atoms with van der Waals surface area (Å²) in [5.41, 5.74) is 7.55. The quantitative estimate of drug-likeness (QED) is 0.925. The molecule has 0 spiro atoms. The van der Waals surface area contributed by atoms with Crippen molar-refractivity contribution in [2.75, 3.05) is 5.73 Å². The van der Waals surface area contributed by atoms with Crippen LogP contribution in [0.4, 0.5) is 5.82 Å². The molecule has 18 heavy (non-hydrogen) atoms. The minimum Gasteiger partial charge on any atom is -0.484 e. The summed E-state index contributed by atoms with van der Waals surface area (Å²) in [5, 5.41) is 0.579. The van der Waals surface area contributed by atoms with Crippen molar-refractivity contribution < 1.29 is 4.74 Å². The fraction of sp³-hybridized carbons (Fsp3) is 0.231. The summed E-state index contributed by atoms with van der Waals surface area (Å²) in [5.74, 6) is 1.60. The van der Waals surface area contributed by atoms with Crippen LogP contribution in [0.2, 0.25) is 5.02 Å². The number of rotatable bonds is 3. The van der Waals surface area contributed by atoms with E-state index in [0.717, 1.165) is 11.3 Å². The third-order valence-electron chi connectivity index (χ3n) is 2.36. The highest BCUT2D eigenvalue weighted by atomic mass is 35.5. The molecule has 0 saturated carbocycles. The zero-order valence-corrected chi connectivity index (χ0v) is 11.0. The van der Waals surface area contributed by atoms with Gasteiger partial charge in [0.25, 0.3) is 0 Å². The lowest BCUT2D eigenvalue weighted by atomic mass is 10.2. The van der Waals surface area contributed by atoms with Crippen LogP contribution in [-0.2, 0) is 6.61 Å². The number of aromatic nitrogens is 2. The van der Waals surface area contributed by atoms with E-state index >= 15 is 0 Å². The molecule has 0 aliphatic heterocycles. The second-order valence-corrected chi connectivity index (χ2v) is 4.48. The van der Waals surface area contributed by atoms with Crippen LogP contribution >= 0.6 is 11.6 Å². The summed E-state index contributed by atoms with van der Waals surface area (Å²) in [6.07, 6.45) is 0. The van der Waals surface area contributed by atoms with E-state index in [4.69, 9.17) is 22.1 Å². The number of nitrogens with two attached hydrogens (primary N) is 1. The largest absolute Gasteiger partial charge is 0.484 e. The number of nitrogens with zero attached hydrogens (tertiary/aromatic N) is 2. The van der Waals surface area contributed by atoms with Gasteiger partial charge in [-0.1, -0.05) is 17.7 Å². The fourth-order valence-electron chi connectivity index (χ4n) is 1.59. The Morgan fingerprint density at radius 2 is 2.00 bits per heavy atom. The molecule has 1 aromatic carbocycles. The molecule has 2 N–H and O–H groups in total. The number of aryl methyl sites for hydroxylation is 2. The van der Waals surface area contributed by atoms with Crippen LogP contribution in [0.5, 0.6) is 5.75 Å². The average Bonchev–Trinajstić information content (AvgIpc) is 2.26. The molecule has 4 nitrogen and oxygen atoms in total. The van der Waals surface area contributed by atoms with E-state index in [9.17, 15) is 0 Å². The van der Waals surface area contributed by atoms with E-state index in [-0.39, 0.29) is 6.61 Å². The van der Waals surface area contributed by atoms with Crippen molar-refractivity contribution in [3.8, 4) is 5.75 Å². The minimum atomic E-state index is 0.245. The first kappa shape index (κ1) is 12.6. The molecule has 2 rings (SSSR count). The smallest absolute Gasteiger partial charge is 0.168 e. The maximum absolute atomic E-state index is 6.07. The molecule has 0 aliphatic carbocycles. The molecular weight excluding hydrogens is 250 g/mol. The van der Waals surface area contributed by atoms with E-state index in [1.165, 1.54) is 0 Å². The molecule has 0 saturated heterocycles. The van der Waals surface area contributed by atoms with Gasteiger partial charge in [0.15, 0.2) is 5.82 Å². The van der Waals surface area contributed by atoms with Gasteiger partial charge in [0, 0.05) is 11.8 Å². The van der Waals surface area contributed by atoms with Crippen LogP contribution in [-0.4, -0.2) is 9.97 Å². The summed E-state index contributed by atoms with van der Waals surface area (Å²) in [4.78, 5) is 8.33. The molecule has 1 aromatic heterocycles. The van der Waals surface area contributed by atoms with Crippen LogP contribution in [0.3, 0.4) is 0 Å². The van der Waals surface area contributed by atoms with Crippen molar-refractivity contribution in [3.05, 3.63) is 46.4 Å². The van der Waals surface area contributed by atoms with Gasteiger partial charge in [0.2, 0.25) is 0 Å². The van der Waals surface area contributed by atoms with Crippen molar-refractivity contribution >= 4 is 17.4 Å². The van der Waals surface area contributed by atoms with Crippen molar-refractivity contribution in [1.29, 1.82) is 0 Å². The lowest BCUT2D eigenvalue weighted by Gasteiger charge is -2.08. The first-order chi connectivity index (χ1) is 8.54. The Kier molecular flexibility index (Phi) is 3.67. The Hall–Kier alpha value is -1.81. The Morgan fingerprint density at radius 3 is 2.67 bits per heavy atom. The highest BCUT2D eigenvalue weighted by molar-refractivity contribution is 6.32. The van der Waals surface area contributed by atoms with E-state index in [0.29, 0.717) is 22.4 Å². The summed E-state index contributed by atoms with van der Waals surface area (Å²) in [6.45, 7) is 4.08. The van der Waals surface area contributed by atoms with Crippen molar-refractivity contribution in [1.82, 2.24) is 9.97 Å². The van der Waals surface area contributed by atoms with Crippen molar-refractivity contribution in [3.63, 3.8) is 0 Å². The zero-order valence-electron chi connectivity index (χ0n) is 10.3. The molecule has 0 unspecified atom stereocenters. The Labute approximate surface area is 111 Å². The Balaban J connectivity index is 2.11. The van der Waals surface area contributed by atoms with Gasteiger partial charge in [-0.25, -0.2) is 9.97 Å². The van der Waals surface area contributed by atoms with Gasteiger partial charge in [0.1, 0.15) is 18.2 Å². The molecule has 5 heteroatoms. The molecule has 0 aliphatic rings. The number of ether oxygens (including phenoxy) is 1. The Morgan fingerprint density at radius 1 is 1.22 bits per heavy atom. The number of halogens is 1.